The summed E-state index contributed by atoms with van der Waals surface area (Å²) in [4.78, 5) is 11.2. The summed E-state index contributed by atoms with van der Waals surface area (Å²) in [5.41, 5.74) is 0. The molecule has 0 aromatic carbocycles. The average Bonchev–Trinajstić information content (AvgIpc) is 2.14. The standard InChI is InChI=1S/C9H19NO2S.Zn/c1-3-5-7-10(13)9(11)12-8-6-4-2;/h13H,3-8H2,1-2H3;. The zero-order valence-electron chi connectivity index (χ0n) is 9.16. The molecule has 0 rings (SSSR count). The van der Waals surface area contributed by atoms with Crippen LogP contribution in [0, 0.1) is 0 Å². The summed E-state index contributed by atoms with van der Waals surface area (Å²) >= 11 is 4.02. The number of ether oxygens (including phenoxy) is 1. The Morgan fingerprint density at radius 1 is 1.29 bits per heavy atom. The second-order valence-corrected chi connectivity index (χ2v) is 3.43. The average molecular weight is 271 g/mol. The van der Waals surface area contributed by atoms with E-state index < -0.39 is 0 Å². The van der Waals surface area contributed by atoms with E-state index in [1.165, 1.54) is 4.31 Å². The van der Waals surface area contributed by atoms with Crippen molar-refractivity contribution in [3.8, 4) is 0 Å². The van der Waals surface area contributed by atoms with Crippen molar-refractivity contribution in [2.75, 3.05) is 13.2 Å². The molecule has 0 aliphatic heterocycles. The topological polar surface area (TPSA) is 29.5 Å². The molecule has 5 heteroatoms. The van der Waals surface area contributed by atoms with Crippen LogP contribution < -0.4 is 0 Å². The molecule has 0 N–H and O–H groups in total. The van der Waals surface area contributed by atoms with Crippen molar-refractivity contribution in [2.24, 2.45) is 0 Å². The molecule has 0 unspecified atom stereocenters. The number of nitrogens with zero attached hydrogens (tertiary/aromatic N) is 1. The Labute approximate surface area is 105 Å². The van der Waals surface area contributed by atoms with Gasteiger partial charge in [-0.25, -0.2) is 4.79 Å². The number of hydrogen-bond acceptors (Lipinski definition) is 3. The van der Waals surface area contributed by atoms with Crippen LogP contribution >= 0.6 is 12.8 Å². The van der Waals surface area contributed by atoms with E-state index >= 15 is 0 Å². The van der Waals surface area contributed by atoms with Crippen molar-refractivity contribution < 1.29 is 29.0 Å². The Balaban J connectivity index is 0. The minimum absolute atomic E-state index is 0. The number of unbranched alkanes of at least 4 members (excludes halogenated alkanes) is 2. The van der Waals surface area contributed by atoms with Crippen molar-refractivity contribution in [1.82, 2.24) is 4.31 Å². The van der Waals surface area contributed by atoms with E-state index in [1.54, 1.807) is 0 Å². The zero-order valence-corrected chi connectivity index (χ0v) is 13.0. The van der Waals surface area contributed by atoms with Crippen molar-refractivity contribution in [1.29, 1.82) is 0 Å². The third kappa shape index (κ3) is 8.82. The smallest absolute Gasteiger partial charge is 0.419 e. The Morgan fingerprint density at radius 2 is 1.86 bits per heavy atom. The van der Waals surface area contributed by atoms with Gasteiger partial charge in [0.05, 0.1) is 6.61 Å². The monoisotopic (exact) mass is 269 g/mol. The fourth-order valence-electron chi connectivity index (χ4n) is 0.777. The summed E-state index contributed by atoms with van der Waals surface area (Å²) < 4.78 is 6.28. The molecule has 0 atom stereocenters. The van der Waals surface area contributed by atoms with Crippen LogP contribution in [0.5, 0.6) is 0 Å². The summed E-state index contributed by atoms with van der Waals surface area (Å²) in [6, 6.07) is 0. The maximum atomic E-state index is 11.2. The number of carbonyl (C=O) groups is 1. The van der Waals surface area contributed by atoms with Gasteiger partial charge in [0, 0.05) is 26.0 Å². The van der Waals surface area contributed by atoms with Crippen LogP contribution in [0.3, 0.4) is 0 Å². The summed E-state index contributed by atoms with van der Waals surface area (Å²) in [6.07, 6.45) is 3.65. The third-order valence-electron chi connectivity index (χ3n) is 1.66. The second kappa shape index (κ2) is 11.3. The van der Waals surface area contributed by atoms with Gasteiger partial charge in [-0.05, 0) is 12.8 Å². The summed E-state index contributed by atoms with van der Waals surface area (Å²) in [7, 11) is 0. The largest absolute Gasteiger partial charge is 0.449 e. The van der Waals surface area contributed by atoms with Crippen LogP contribution in [0.4, 0.5) is 4.79 Å². The van der Waals surface area contributed by atoms with Crippen LogP contribution in [0.1, 0.15) is 39.5 Å². The maximum absolute atomic E-state index is 11.2. The van der Waals surface area contributed by atoms with Gasteiger partial charge in [-0.3, -0.25) is 4.31 Å². The zero-order chi connectivity index (χ0) is 10.1. The van der Waals surface area contributed by atoms with Gasteiger partial charge in [-0.1, -0.05) is 39.5 Å². The molecule has 0 spiro atoms. The van der Waals surface area contributed by atoms with Crippen LogP contribution in [-0.4, -0.2) is 23.6 Å². The van der Waals surface area contributed by atoms with Crippen LogP contribution in [0.25, 0.3) is 0 Å². The minimum Gasteiger partial charge on any atom is -0.449 e. The number of rotatable bonds is 6. The van der Waals surface area contributed by atoms with Gasteiger partial charge in [-0.2, -0.15) is 0 Å². The molecule has 3 nitrogen and oxygen atoms in total. The van der Waals surface area contributed by atoms with Crippen molar-refractivity contribution in [3.05, 3.63) is 0 Å². The van der Waals surface area contributed by atoms with Gasteiger partial charge in [0.25, 0.3) is 0 Å². The van der Waals surface area contributed by atoms with E-state index in [2.05, 4.69) is 26.7 Å². The van der Waals surface area contributed by atoms with E-state index in [9.17, 15) is 4.79 Å². The van der Waals surface area contributed by atoms with Gasteiger partial charge in [0.2, 0.25) is 0 Å². The first-order valence-corrected chi connectivity index (χ1v) is 5.25. The predicted octanol–water partition coefficient (Wildman–Crippen LogP) is 2.87. The molecule has 80 valence electrons. The third-order valence-corrected chi connectivity index (χ3v) is 2.02. The van der Waals surface area contributed by atoms with E-state index in [1.807, 2.05) is 0 Å². The summed E-state index contributed by atoms with van der Waals surface area (Å²) in [5, 5.41) is 0. The molecule has 0 saturated heterocycles. The Kier molecular flexibility index (Phi) is 13.5. The summed E-state index contributed by atoms with van der Waals surface area (Å²) in [5.74, 6) is 0. The molecule has 14 heavy (non-hydrogen) atoms. The van der Waals surface area contributed by atoms with Gasteiger partial charge in [0.1, 0.15) is 0 Å². The number of hydrogen-bond donors (Lipinski definition) is 1. The quantitative estimate of drug-likeness (QED) is 0.457. The SMILES string of the molecule is CCCCOC(=O)N(S)CCCC.[Zn]. The van der Waals surface area contributed by atoms with Gasteiger partial charge >= 0.3 is 6.09 Å². The van der Waals surface area contributed by atoms with E-state index in [4.69, 9.17) is 4.74 Å². The Bertz CT molecular complexity index is 147. The molecule has 1 amide bonds. The van der Waals surface area contributed by atoms with E-state index in [0.29, 0.717) is 13.2 Å². The molecule has 0 aromatic rings. The number of thiol groups is 1. The molecular formula is C9H19NO2SZn. The molecule has 0 aromatic heterocycles. The second-order valence-electron chi connectivity index (χ2n) is 2.94. The fourth-order valence-corrected chi connectivity index (χ4v) is 0.977. The molecular weight excluding hydrogens is 252 g/mol. The molecule has 0 heterocycles. The molecule has 0 fully saturated rings. The molecule has 0 saturated carbocycles. The van der Waals surface area contributed by atoms with Gasteiger partial charge in [-0.15, -0.1) is 0 Å². The van der Waals surface area contributed by atoms with Crippen LogP contribution in [0.15, 0.2) is 0 Å². The molecule has 0 aliphatic carbocycles. The van der Waals surface area contributed by atoms with E-state index in [-0.39, 0.29) is 25.6 Å². The van der Waals surface area contributed by atoms with Crippen LogP contribution in [0.2, 0.25) is 0 Å². The van der Waals surface area contributed by atoms with E-state index in [0.717, 1.165) is 25.7 Å². The first-order valence-electron chi connectivity index (χ1n) is 4.85. The first kappa shape index (κ1) is 16.7. The molecule has 0 bridgehead atoms. The maximum Gasteiger partial charge on any atom is 0.419 e. The minimum atomic E-state index is -0.328. The van der Waals surface area contributed by atoms with Crippen LogP contribution in [-0.2, 0) is 24.2 Å². The fraction of sp³-hybridized carbons (Fsp3) is 0.889. The first-order chi connectivity index (χ1) is 6.22. The molecule has 0 aliphatic rings. The van der Waals surface area contributed by atoms with Crippen molar-refractivity contribution in [2.45, 2.75) is 39.5 Å². The molecule has 0 radical (unpaired) electrons. The summed E-state index contributed by atoms with van der Waals surface area (Å²) in [6.45, 7) is 5.29. The Morgan fingerprint density at radius 3 is 2.36 bits per heavy atom. The number of carbonyl (C=O) groups excluding carboxylic acids is 1. The normalized spacial score (nSPS) is 9.07. The van der Waals surface area contributed by atoms with Gasteiger partial charge in [0.15, 0.2) is 0 Å². The van der Waals surface area contributed by atoms with Crippen molar-refractivity contribution in [3.63, 3.8) is 0 Å². The number of amides is 1. The van der Waals surface area contributed by atoms with Gasteiger partial charge < -0.3 is 4.74 Å². The predicted molar refractivity (Wildman–Crippen MR) is 56.9 cm³/mol. The Hall–Kier alpha value is 0.243. The van der Waals surface area contributed by atoms with Crippen molar-refractivity contribution >= 4 is 18.9 Å².